The molecule has 1 heterocycles. The van der Waals surface area contributed by atoms with E-state index in [0.717, 1.165) is 4.68 Å². The van der Waals surface area contributed by atoms with E-state index in [9.17, 15) is 4.79 Å². The Morgan fingerprint density at radius 2 is 2.00 bits per heavy atom. The van der Waals surface area contributed by atoms with Gasteiger partial charge in [0, 0.05) is 5.69 Å². The van der Waals surface area contributed by atoms with Crippen LogP contribution in [0.4, 0.5) is 11.6 Å². The molecule has 2 rings (SSSR count). The molecule has 6 heteroatoms. The van der Waals surface area contributed by atoms with Gasteiger partial charge >= 0.3 is 0 Å². The van der Waals surface area contributed by atoms with Crippen molar-refractivity contribution in [1.29, 1.82) is 0 Å². The first-order chi connectivity index (χ1) is 7.18. The number of carbonyl (C=O) groups excluding carboxylic acids is 1. The largest absolute Gasteiger partial charge is 0.398 e. The summed E-state index contributed by atoms with van der Waals surface area (Å²) in [6.45, 7) is 0. The van der Waals surface area contributed by atoms with Gasteiger partial charge in [-0.05, 0) is 12.1 Å². The van der Waals surface area contributed by atoms with Crippen molar-refractivity contribution >= 4 is 17.5 Å². The van der Waals surface area contributed by atoms with Crippen LogP contribution >= 0.6 is 0 Å². The van der Waals surface area contributed by atoms with E-state index in [1.165, 1.54) is 6.33 Å². The van der Waals surface area contributed by atoms with Crippen molar-refractivity contribution in [3.8, 4) is 0 Å². The van der Waals surface area contributed by atoms with E-state index in [4.69, 9.17) is 11.5 Å². The average molecular weight is 203 g/mol. The fraction of sp³-hybridized carbons (Fsp3) is 0. The number of hydrogen-bond acceptors (Lipinski definition) is 5. The zero-order valence-electron chi connectivity index (χ0n) is 7.79. The smallest absolute Gasteiger partial charge is 0.281 e. The molecule has 1 aromatic carbocycles. The van der Waals surface area contributed by atoms with E-state index in [1.54, 1.807) is 24.3 Å². The summed E-state index contributed by atoms with van der Waals surface area (Å²) in [5.74, 6) is -0.296. The summed E-state index contributed by atoms with van der Waals surface area (Å²) in [4.78, 5) is 15.5. The van der Waals surface area contributed by atoms with Gasteiger partial charge in [-0.15, -0.1) is 5.10 Å². The molecular formula is C9H9N5O. The molecule has 0 aliphatic rings. The van der Waals surface area contributed by atoms with Crippen LogP contribution in [-0.4, -0.2) is 20.7 Å². The molecule has 2 aromatic rings. The summed E-state index contributed by atoms with van der Waals surface area (Å²) < 4.78 is 1.06. The molecule has 0 atom stereocenters. The minimum Gasteiger partial charge on any atom is -0.398 e. The van der Waals surface area contributed by atoms with Gasteiger partial charge in [0.2, 0.25) is 5.95 Å². The predicted molar refractivity (Wildman–Crippen MR) is 55.0 cm³/mol. The SMILES string of the molecule is Nc1ncn(C(=O)c2ccccc2N)n1. The van der Waals surface area contributed by atoms with E-state index in [-0.39, 0.29) is 11.9 Å². The fourth-order valence-electron chi connectivity index (χ4n) is 1.19. The molecule has 76 valence electrons. The highest BCUT2D eigenvalue weighted by Gasteiger charge is 2.12. The highest BCUT2D eigenvalue weighted by molar-refractivity contribution is 5.99. The lowest BCUT2D eigenvalue weighted by atomic mass is 10.2. The van der Waals surface area contributed by atoms with Gasteiger partial charge in [0.15, 0.2) is 0 Å². The molecule has 6 nitrogen and oxygen atoms in total. The molecule has 1 aromatic heterocycles. The molecule has 15 heavy (non-hydrogen) atoms. The van der Waals surface area contributed by atoms with Crippen LogP contribution in [0.15, 0.2) is 30.6 Å². The van der Waals surface area contributed by atoms with Gasteiger partial charge < -0.3 is 11.5 Å². The molecule has 0 amide bonds. The van der Waals surface area contributed by atoms with Gasteiger partial charge in [-0.3, -0.25) is 4.79 Å². The molecule has 0 spiro atoms. The topological polar surface area (TPSA) is 99.8 Å². The van der Waals surface area contributed by atoms with E-state index in [1.807, 2.05) is 0 Å². The Morgan fingerprint density at radius 1 is 1.27 bits per heavy atom. The minimum absolute atomic E-state index is 0.0536. The molecule has 0 aliphatic carbocycles. The number of rotatable bonds is 1. The normalized spacial score (nSPS) is 10.1. The predicted octanol–water partition coefficient (Wildman–Crippen LogP) is 0.131. The maximum Gasteiger partial charge on any atom is 0.281 e. The van der Waals surface area contributed by atoms with Crippen LogP contribution in [0.3, 0.4) is 0 Å². The first kappa shape index (κ1) is 9.20. The van der Waals surface area contributed by atoms with Gasteiger partial charge in [-0.25, -0.2) is 4.98 Å². The summed E-state index contributed by atoms with van der Waals surface area (Å²) in [6, 6.07) is 6.74. The highest BCUT2D eigenvalue weighted by atomic mass is 16.2. The summed E-state index contributed by atoms with van der Waals surface area (Å²) >= 11 is 0. The molecule has 0 aliphatic heterocycles. The van der Waals surface area contributed by atoms with Crippen LogP contribution in [0.5, 0.6) is 0 Å². The summed E-state index contributed by atoms with van der Waals surface area (Å²) in [5, 5.41) is 3.71. The van der Waals surface area contributed by atoms with Crippen molar-refractivity contribution in [1.82, 2.24) is 14.8 Å². The second-order valence-electron chi connectivity index (χ2n) is 2.94. The lowest BCUT2D eigenvalue weighted by molar-refractivity contribution is 0.0946. The van der Waals surface area contributed by atoms with Crippen LogP contribution in [0.25, 0.3) is 0 Å². The quantitative estimate of drug-likeness (QED) is 0.642. The van der Waals surface area contributed by atoms with Crippen LogP contribution in [0, 0.1) is 0 Å². The molecule has 4 N–H and O–H groups in total. The van der Waals surface area contributed by atoms with Crippen LogP contribution < -0.4 is 11.5 Å². The third kappa shape index (κ3) is 1.64. The molecule has 0 radical (unpaired) electrons. The van der Waals surface area contributed by atoms with Crippen molar-refractivity contribution < 1.29 is 4.79 Å². The van der Waals surface area contributed by atoms with Crippen molar-refractivity contribution in [2.24, 2.45) is 0 Å². The van der Waals surface area contributed by atoms with Crippen molar-refractivity contribution in [3.63, 3.8) is 0 Å². The molecule has 0 fully saturated rings. The standard InChI is InChI=1S/C9H9N5O/c10-7-4-2-1-3-6(7)8(15)14-5-12-9(11)13-14/h1-5H,10H2,(H2,11,13). The Kier molecular flexibility index (Phi) is 2.09. The molecule has 0 saturated heterocycles. The first-order valence-corrected chi connectivity index (χ1v) is 4.25. The van der Waals surface area contributed by atoms with Gasteiger partial charge in [0.05, 0.1) is 5.56 Å². The first-order valence-electron chi connectivity index (χ1n) is 4.25. The number of nitrogen functional groups attached to an aromatic ring is 2. The zero-order chi connectivity index (χ0) is 10.8. The van der Waals surface area contributed by atoms with Crippen molar-refractivity contribution in [2.45, 2.75) is 0 Å². The number of para-hydroxylation sites is 1. The van der Waals surface area contributed by atoms with Crippen molar-refractivity contribution in [2.75, 3.05) is 11.5 Å². The van der Waals surface area contributed by atoms with Crippen LogP contribution in [0.1, 0.15) is 10.4 Å². The van der Waals surface area contributed by atoms with Crippen LogP contribution in [0.2, 0.25) is 0 Å². The third-order valence-corrected chi connectivity index (χ3v) is 1.91. The second kappa shape index (κ2) is 3.41. The second-order valence-corrected chi connectivity index (χ2v) is 2.94. The highest BCUT2D eigenvalue weighted by Crippen LogP contribution is 2.11. The summed E-state index contributed by atoms with van der Waals surface area (Å²) in [6.07, 6.45) is 1.25. The molecular weight excluding hydrogens is 194 g/mol. The Hall–Kier alpha value is -2.37. The Morgan fingerprint density at radius 3 is 2.60 bits per heavy atom. The number of carbonyl (C=O) groups is 1. The number of anilines is 2. The van der Waals surface area contributed by atoms with E-state index in [0.29, 0.717) is 11.3 Å². The average Bonchev–Trinajstić information content (AvgIpc) is 2.65. The number of hydrogen-bond donors (Lipinski definition) is 2. The van der Waals surface area contributed by atoms with Crippen LogP contribution in [-0.2, 0) is 0 Å². The Balaban J connectivity index is 2.41. The van der Waals surface area contributed by atoms with Gasteiger partial charge in [-0.2, -0.15) is 4.68 Å². The maximum atomic E-state index is 11.8. The summed E-state index contributed by atoms with van der Waals surface area (Å²) in [7, 11) is 0. The Labute approximate surface area is 85.5 Å². The van der Waals surface area contributed by atoms with E-state index < -0.39 is 0 Å². The molecule has 0 bridgehead atoms. The maximum absolute atomic E-state index is 11.8. The fourth-order valence-corrected chi connectivity index (χ4v) is 1.19. The molecule has 0 saturated carbocycles. The van der Waals surface area contributed by atoms with Gasteiger partial charge in [0.25, 0.3) is 5.91 Å². The lowest BCUT2D eigenvalue weighted by Crippen LogP contribution is -2.14. The number of aromatic nitrogens is 3. The third-order valence-electron chi connectivity index (χ3n) is 1.91. The molecule has 0 unspecified atom stereocenters. The monoisotopic (exact) mass is 203 g/mol. The van der Waals surface area contributed by atoms with Gasteiger partial charge in [-0.1, -0.05) is 12.1 Å². The lowest BCUT2D eigenvalue weighted by Gasteiger charge is -2.02. The minimum atomic E-state index is -0.350. The number of nitrogens with zero attached hydrogens (tertiary/aromatic N) is 3. The van der Waals surface area contributed by atoms with Crippen molar-refractivity contribution in [3.05, 3.63) is 36.2 Å². The number of nitrogens with two attached hydrogens (primary N) is 2. The Bertz CT molecular complexity index is 505. The van der Waals surface area contributed by atoms with E-state index >= 15 is 0 Å². The zero-order valence-corrected chi connectivity index (χ0v) is 7.79. The van der Waals surface area contributed by atoms with E-state index in [2.05, 4.69) is 10.1 Å². The number of benzene rings is 1. The van der Waals surface area contributed by atoms with Gasteiger partial charge in [0.1, 0.15) is 6.33 Å². The summed E-state index contributed by atoms with van der Waals surface area (Å²) in [5.41, 5.74) is 11.7.